The van der Waals surface area contributed by atoms with E-state index in [1.54, 1.807) is 0 Å². The molecule has 0 aliphatic heterocycles. The molecule has 0 atom stereocenters. The van der Waals surface area contributed by atoms with E-state index in [1.165, 1.54) is 12.8 Å². The number of nitrogens with zero attached hydrogens (tertiary/aromatic N) is 1. The van der Waals surface area contributed by atoms with Crippen molar-refractivity contribution in [2.45, 2.75) is 25.3 Å². The molecule has 19 heavy (non-hydrogen) atoms. The number of halogens is 1. The number of hydrogen-bond acceptors (Lipinski definition) is 3. The number of carboxylic acids is 1. The third-order valence-electron chi connectivity index (χ3n) is 3.12. The van der Waals surface area contributed by atoms with Crippen LogP contribution in [0.4, 0.5) is 0 Å². The highest BCUT2D eigenvalue weighted by Crippen LogP contribution is 2.26. The van der Waals surface area contributed by atoms with Gasteiger partial charge in [0.05, 0.1) is 6.42 Å². The summed E-state index contributed by atoms with van der Waals surface area (Å²) < 4.78 is 6.68. The lowest BCUT2D eigenvalue weighted by atomic mass is 10.3. The minimum Gasteiger partial charge on any atom is -0.492 e. The SMILES string of the molecule is O=C(O)CCN(CCOc1cccc(Br)c1)C1CC1. The molecule has 1 aliphatic rings. The summed E-state index contributed by atoms with van der Waals surface area (Å²) in [5.41, 5.74) is 0. The van der Waals surface area contributed by atoms with Crippen LogP contribution >= 0.6 is 15.9 Å². The van der Waals surface area contributed by atoms with Gasteiger partial charge in [0.2, 0.25) is 0 Å². The fourth-order valence-corrected chi connectivity index (χ4v) is 2.37. The molecule has 2 rings (SSSR count). The predicted molar refractivity (Wildman–Crippen MR) is 76.5 cm³/mol. The maximum Gasteiger partial charge on any atom is 0.304 e. The van der Waals surface area contributed by atoms with Gasteiger partial charge in [-0.25, -0.2) is 0 Å². The molecule has 1 aliphatic carbocycles. The second-order valence-electron chi connectivity index (χ2n) is 4.72. The Labute approximate surface area is 121 Å². The van der Waals surface area contributed by atoms with E-state index >= 15 is 0 Å². The maximum atomic E-state index is 10.6. The monoisotopic (exact) mass is 327 g/mol. The van der Waals surface area contributed by atoms with Gasteiger partial charge in [-0.05, 0) is 31.0 Å². The molecule has 5 heteroatoms. The van der Waals surface area contributed by atoms with Crippen LogP contribution in [0.5, 0.6) is 5.75 Å². The summed E-state index contributed by atoms with van der Waals surface area (Å²) in [5, 5.41) is 8.74. The zero-order chi connectivity index (χ0) is 13.7. The molecule has 0 unspecified atom stereocenters. The Morgan fingerprint density at radius 2 is 2.21 bits per heavy atom. The zero-order valence-corrected chi connectivity index (χ0v) is 12.3. The van der Waals surface area contributed by atoms with Gasteiger partial charge in [0.1, 0.15) is 12.4 Å². The summed E-state index contributed by atoms with van der Waals surface area (Å²) in [6, 6.07) is 8.30. The number of rotatable bonds is 8. The van der Waals surface area contributed by atoms with E-state index in [1.807, 2.05) is 24.3 Å². The van der Waals surface area contributed by atoms with Crippen LogP contribution < -0.4 is 4.74 Å². The second-order valence-corrected chi connectivity index (χ2v) is 5.63. The Morgan fingerprint density at radius 1 is 1.42 bits per heavy atom. The van der Waals surface area contributed by atoms with Crippen molar-refractivity contribution in [2.24, 2.45) is 0 Å². The summed E-state index contributed by atoms with van der Waals surface area (Å²) in [4.78, 5) is 12.8. The molecule has 1 fully saturated rings. The van der Waals surface area contributed by atoms with Crippen molar-refractivity contribution in [3.05, 3.63) is 28.7 Å². The topological polar surface area (TPSA) is 49.8 Å². The molecule has 0 radical (unpaired) electrons. The number of ether oxygens (including phenoxy) is 1. The Bertz CT molecular complexity index is 434. The van der Waals surface area contributed by atoms with E-state index in [2.05, 4.69) is 20.8 Å². The average Bonchev–Trinajstić information content (AvgIpc) is 3.17. The summed E-state index contributed by atoms with van der Waals surface area (Å²) in [6.45, 7) is 1.98. The molecular formula is C14H18BrNO3. The first-order valence-corrected chi connectivity index (χ1v) is 7.28. The molecule has 0 aromatic heterocycles. The van der Waals surface area contributed by atoms with Crippen LogP contribution in [0, 0.1) is 0 Å². The van der Waals surface area contributed by atoms with E-state index < -0.39 is 5.97 Å². The average molecular weight is 328 g/mol. The highest BCUT2D eigenvalue weighted by atomic mass is 79.9. The standard InChI is InChI=1S/C14H18BrNO3/c15-11-2-1-3-13(10-11)19-9-8-16(12-4-5-12)7-6-14(17)18/h1-3,10,12H,4-9H2,(H,17,18). The predicted octanol–water partition coefficient (Wildman–Crippen LogP) is 2.77. The molecule has 1 aromatic rings. The summed E-state index contributed by atoms with van der Waals surface area (Å²) in [7, 11) is 0. The molecule has 1 saturated carbocycles. The van der Waals surface area contributed by atoms with Gasteiger partial charge >= 0.3 is 5.97 Å². The van der Waals surface area contributed by atoms with Crippen molar-refractivity contribution >= 4 is 21.9 Å². The minimum absolute atomic E-state index is 0.202. The van der Waals surface area contributed by atoms with Gasteiger partial charge in [-0.3, -0.25) is 9.69 Å². The largest absolute Gasteiger partial charge is 0.492 e. The number of benzene rings is 1. The van der Waals surface area contributed by atoms with E-state index in [4.69, 9.17) is 9.84 Å². The van der Waals surface area contributed by atoms with Gasteiger partial charge in [0.15, 0.2) is 0 Å². The molecular weight excluding hydrogens is 310 g/mol. The van der Waals surface area contributed by atoms with Crippen molar-refractivity contribution in [1.82, 2.24) is 4.90 Å². The Morgan fingerprint density at radius 3 is 2.84 bits per heavy atom. The van der Waals surface area contributed by atoms with Crippen LogP contribution in [-0.4, -0.2) is 41.7 Å². The van der Waals surface area contributed by atoms with Crippen LogP contribution in [0.25, 0.3) is 0 Å². The van der Waals surface area contributed by atoms with Crippen LogP contribution in [0.1, 0.15) is 19.3 Å². The van der Waals surface area contributed by atoms with Gasteiger partial charge in [0.25, 0.3) is 0 Å². The van der Waals surface area contributed by atoms with Crippen molar-refractivity contribution in [2.75, 3.05) is 19.7 Å². The van der Waals surface area contributed by atoms with Crippen molar-refractivity contribution in [3.63, 3.8) is 0 Å². The number of carboxylic acid groups (broad SMARTS) is 1. The first kappa shape index (κ1) is 14.3. The lowest BCUT2D eigenvalue weighted by Gasteiger charge is -2.21. The molecule has 0 spiro atoms. The van der Waals surface area contributed by atoms with Gasteiger partial charge < -0.3 is 9.84 Å². The summed E-state index contributed by atoms with van der Waals surface area (Å²) in [6.07, 6.45) is 2.56. The molecule has 4 nitrogen and oxygen atoms in total. The molecule has 1 N–H and O–H groups in total. The summed E-state index contributed by atoms with van der Waals surface area (Å²) >= 11 is 3.40. The van der Waals surface area contributed by atoms with Crippen molar-refractivity contribution in [1.29, 1.82) is 0 Å². The highest BCUT2D eigenvalue weighted by molar-refractivity contribution is 9.10. The molecule has 1 aromatic carbocycles. The van der Waals surface area contributed by atoms with E-state index in [-0.39, 0.29) is 6.42 Å². The van der Waals surface area contributed by atoms with Crippen LogP contribution in [0.2, 0.25) is 0 Å². The minimum atomic E-state index is -0.737. The first-order chi connectivity index (χ1) is 9.15. The Kier molecular flexibility index (Phi) is 5.22. The summed E-state index contributed by atoms with van der Waals surface area (Å²) in [5.74, 6) is 0.0990. The molecule has 104 valence electrons. The third kappa shape index (κ3) is 5.20. The van der Waals surface area contributed by atoms with E-state index in [9.17, 15) is 4.79 Å². The van der Waals surface area contributed by atoms with E-state index in [0.717, 1.165) is 16.8 Å². The molecule has 0 heterocycles. The quantitative estimate of drug-likeness (QED) is 0.797. The van der Waals surface area contributed by atoms with Crippen molar-refractivity contribution < 1.29 is 14.6 Å². The lowest BCUT2D eigenvalue weighted by molar-refractivity contribution is -0.137. The molecule has 0 bridgehead atoms. The number of hydrogen-bond donors (Lipinski definition) is 1. The van der Waals surface area contributed by atoms with Crippen molar-refractivity contribution in [3.8, 4) is 5.75 Å². The number of carbonyl (C=O) groups is 1. The fraction of sp³-hybridized carbons (Fsp3) is 0.500. The van der Waals surface area contributed by atoms with Gasteiger partial charge in [-0.15, -0.1) is 0 Å². The normalized spacial score (nSPS) is 14.6. The Balaban J connectivity index is 1.74. The second kappa shape index (κ2) is 6.91. The smallest absolute Gasteiger partial charge is 0.304 e. The lowest BCUT2D eigenvalue weighted by Crippen LogP contribution is -2.32. The van der Waals surface area contributed by atoms with Gasteiger partial charge in [-0.2, -0.15) is 0 Å². The van der Waals surface area contributed by atoms with Gasteiger partial charge in [-0.1, -0.05) is 22.0 Å². The Hall–Kier alpha value is -1.07. The highest BCUT2D eigenvalue weighted by Gasteiger charge is 2.28. The maximum absolute atomic E-state index is 10.6. The number of aliphatic carboxylic acids is 1. The molecule has 0 amide bonds. The van der Waals surface area contributed by atoms with Crippen LogP contribution in [0.3, 0.4) is 0 Å². The third-order valence-corrected chi connectivity index (χ3v) is 3.61. The van der Waals surface area contributed by atoms with Gasteiger partial charge in [0, 0.05) is 23.6 Å². The van der Waals surface area contributed by atoms with Crippen LogP contribution in [-0.2, 0) is 4.79 Å². The van der Waals surface area contributed by atoms with Crippen LogP contribution in [0.15, 0.2) is 28.7 Å². The first-order valence-electron chi connectivity index (χ1n) is 6.49. The van der Waals surface area contributed by atoms with E-state index in [0.29, 0.717) is 19.2 Å². The zero-order valence-electron chi connectivity index (χ0n) is 10.7. The molecule has 0 saturated heterocycles. The fourth-order valence-electron chi connectivity index (χ4n) is 1.99.